The maximum absolute atomic E-state index is 6.04. The first-order valence-corrected chi connectivity index (χ1v) is 7.14. The molecule has 2 N–H and O–H groups in total. The molecular formula is C16H21N3O. The van der Waals surface area contributed by atoms with Gasteiger partial charge in [0.1, 0.15) is 17.2 Å². The van der Waals surface area contributed by atoms with Crippen molar-refractivity contribution in [3.63, 3.8) is 0 Å². The molecule has 0 bridgehead atoms. The fourth-order valence-corrected chi connectivity index (χ4v) is 2.78. The Labute approximate surface area is 119 Å². The Morgan fingerprint density at radius 2 is 2.25 bits per heavy atom. The summed E-state index contributed by atoms with van der Waals surface area (Å²) in [5.41, 5.74) is 1.13. The van der Waals surface area contributed by atoms with Crippen LogP contribution in [0.1, 0.15) is 37.7 Å². The van der Waals surface area contributed by atoms with E-state index in [1.54, 1.807) is 6.20 Å². The van der Waals surface area contributed by atoms with Gasteiger partial charge in [0.2, 0.25) is 0 Å². The summed E-state index contributed by atoms with van der Waals surface area (Å²) in [7, 11) is 0. The van der Waals surface area contributed by atoms with Crippen molar-refractivity contribution in [2.45, 2.75) is 38.3 Å². The van der Waals surface area contributed by atoms with Crippen LogP contribution in [0.15, 0.2) is 36.7 Å². The number of benzene rings is 1. The van der Waals surface area contributed by atoms with Crippen LogP contribution in [-0.4, -0.2) is 22.1 Å². The second kappa shape index (κ2) is 5.29. The van der Waals surface area contributed by atoms with E-state index >= 15 is 0 Å². The number of aromatic amines is 1. The average Bonchev–Trinajstić information content (AvgIpc) is 2.90. The van der Waals surface area contributed by atoms with Gasteiger partial charge in [0.15, 0.2) is 0 Å². The summed E-state index contributed by atoms with van der Waals surface area (Å²) in [6.07, 6.45) is 5.54. The summed E-state index contributed by atoms with van der Waals surface area (Å²) in [6, 6.07) is 8.64. The van der Waals surface area contributed by atoms with Gasteiger partial charge in [-0.15, -0.1) is 0 Å². The summed E-state index contributed by atoms with van der Waals surface area (Å²) >= 11 is 0. The lowest BCUT2D eigenvalue weighted by molar-refractivity contribution is 0.0662. The van der Waals surface area contributed by atoms with E-state index in [0.29, 0.717) is 6.04 Å². The number of hydrogen-bond acceptors (Lipinski definition) is 3. The minimum atomic E-state index is -0.128. The monoisotopic (exact) mass is 271 g/mol. The van der Waals surface area contributed by atoms with Crippen LogP contribution in [0, 0.1) is 0 Å². The third-order valence-electron chi connectivity index (χ3n) is 3.68. The molecule has 0 saturated heterocycles. The number of rotatable bonds is 4. The number of imidazole rings is 1. The average molecular weight is 271 g/mol. The zero-order valence-electron chi connectivity index (χ0n) is 12.0. The maximum Gasteiger partial charge on any atom is 0.124 e. The van der Waals surface area contributed by atoms with Crippen LogP contribution < -0.4 is 10.1 Å². The molecule has 4 heteroatoms. The highest BCUT2D eigenvalue weighted by molar-refractivity contribution is 5.38. The Morgan fingerprint density at radius 3 is 3.05 bits per heavy atom. The Hall–Kier alpha value is -1.81. The molecular weight excluding hydrogens is 250 g/mol. The van der Waals surface area contributed by atoms with Gasteiger partial charge in [0.05, 0.1) is 0 Å². The Kier molecular flexibility index (Phi) is 3.49. The van der Waals surface area contributed by atoms with E-state index < -0.39 is 0 Å². The Balaban J connectivity index is 1.69. The molecule has 1 aromatic heterocycles. The van der Waals surface area contributed by atoms with Crippen molar-refractivity contribution in [1.82, 2.24) is 15.3 Å². The lowest BCUT2D eigenvalue weighted by Gasteiger charge is -2.38. The predicted molar refractivity (Wildman–Crippen MR) is 78.8 cm³/mol. The summed E-state index contributed by atoms with van der Waals surface area (Å²) in [5, 5.41) is 3.63. The van der Waals surface area contributed by atoms with Gasteiger partial charge < -0.3 is 15.0 Å². The third-order valence-corrected chi connectivity index (χ3v) is 3.68. The molecule has 20 heavy (non-hydrogen) atoms. The number of nitrogens with zero attached hydrogens (tertiary/aromatic N) is 1. The van der Waals surface area contributed by atoms with E-state index in [1.807, 2.05) is 12.3 Å². The fraction of sp³-hybridized carbons (Fsp3) is 0.438. The maximum atomic E-state index is 6.04. The molecule has 0 amide bonds. The van der Waals surface area contributed by atoms with Crippen LogP contribution in [0.25, 0.3) is 0 Å². The van der Waals surface area contributed by atoms with Gasteiger partial charge in [-0.1, -0.05) is 18.2 Å². The molecule has 0 fully saturated rings. The summed E-state index contributed by atoms with van der Waals surface area (Å²) < 4.78 is 6.04. The van der Waals surface area contributed by atoms with Gasteiger partial charge in [-0.3, -0.25) is 0 Å². The SMILES string of the molecule is CC1(C)CC(NCCc2ncc[nH]2)c2ccccc2O1. The molecule has 1 aromatic carbocycles. The second-order valence-electron chi connectivity index (χ2n) is 5.90. The molecule has 0 aliphatic carbocycles. The standard InChI is InChI=1S/C16H21N3O/c1-16(2)11-13(12-5-3-4-6-14(12)20-16)17-8-7-15-18-9-10-19-15/h3-6,9-10,13,17H,7-8,11H2,1-2H3,(H,18,19). The minimum Gasteiger partial charge on any atom is -0.487 e. The van der Waals surface area contributed by atoms with E-state index in [2.05, 4.69) is 47.3 Å². The smallest absolute Gasteiger partial charge is 0.124 e. The molecule has 2 aromatic rings. The van der Waals surface area contributed by atoms with Crippen LogP contribution in [0.5, 0.6) is 5.75 Å². The van der Waals surface area contributed by atoms with E-state index in [0.717, 1.165) is 31.0 Å². The van der Waals surface area contributed by atoms with Gasteiger partial charge in [0, 0.05) is 43.4 Å². The third kappa shape index (κ3) is 2.85. The number of hydrogen-bond donors (Lipinski definition) is 2. The lowest BCUT2D eigenvalue weighted by Crippen LogP contribution is -2.40. The van der Waals surface area contributed by atoms with E-state index in [-0.39, 0.29) is 5.60 Å². The Bertz CT molecular complexity index is 563. The van der Waals surface area contributed by atoms with Crippen molar-refractivity contribution < 1.29 is 4.74 Å². The van der Waals surface area contributed by atoms with Crippen molar-refractivity contribution in [1.29, 1.82) is 0 Å². The van der Waals surface area contributed by atoms with Crippen molar-refractivity contribution >= 4 is 0 Å². The van der Waals surface area contributed by atoms with Gasteiger partial charge >= 0.3 is 0 Å². The number of H-pyrrole nitrogens is 1. The highest BCUT2D eigenvalue weighted by Gasteiger charge is 2.32. The van der Waals surface area contributed by atoms with E-state index in [1.165, 1.54) is 5.56 Å². The molecule has 106 valence electrons. The molecule has 0 radical (unpaired) electrons. The molecule has 1 unspecified atom stereocenters. The summed E-state index contributed by atoms with van der Waals surface area (Å²) in [5.74, 6) is 2.02. The van der Waals surface area contributed by atoms with Crippen molar-refractivity contribution in [3.8, 4) is 5.75 Å². The highest BCUT2D eigenvalue weighted by atomic mass is 16.5. The number of nitrogens with one attached hydrogen (secondary N) is 2. The topological polar surface area (TPSA) is 49.9 Å². The fourth-order valence-electron chi connectivity index (χ4n) is 2.78. The quantitative estimate of drug-likeness (QED) is 0.899. The van der Waals surface area contributed by atoms with E-state index in [4.69, 9.17) is 4.74 Å². The molecule has 1 aliphatic heterocycles. The minimum absolute atomic E-state index is 0.128. The lowest BCUT2D eigenvalue weighted by atomic mass is 9.89. The van der Waals surface area contributed by atoms with Gasteiger partial charge in [-0.25, -0.2) is 4.98 Å². The summed E-state index contributed by atoms with van der Waals surface area (Å²) in [4.78, 5) is 7.39. The van der Waals surface area contributed by atoms with E-state index in [9.17, 15) is 0 Å². The zero-order valence-corrected chi connectivity index (χ0v) is 12.0. The number of para-hydroxylation sites is 1. The normalized spacial score (nSPS) is 20.2. The number of fused-ring (bicyclic) bond motifs is 1. The molecule has 0 saturated carbocycles. The van der Waals surface area contributed by atoms with Crippen LogP contribution in [-0.2, 0) is 6.42 Å². The molecule has 1 atom stereocenters. The molecule has 1 aliphatic rings. The Morgan fingerprint density at radius 1 is 1.40 bits per heavy atom. The van der Waals surface area contributed by atoms with Crippen molar-refractivity contribution in [2.24, 2.45) is 0 Å². The molecule has 2 heterocycles. The van der Waals surface area contributed by atoms with Gasteiger partial charge in [-0.2, -0.15) is 0 Å². The summed E-state index contributed by atoms with van der Waals surface area (Å²) in [6.45, 7) is 5.19. The van der Waals surface area contributed by atoms with Crippen LogP contribution in [0.4, 0.5) is 0 Å². The highest BCUT2D eigenvalue weighted by Crippen LogP contribution is 2.38. The predicted octanol–water partition coefficient (Wildman–Crippen LogP) is 2.84. The first kappa shape index (κ1) is 13.2. The van der Waals surface area contributed by atoms with Gasteiger partial charge in [0.25, 0.3) is 0 Å². The second-order valence-corrected chi connectivity index (χ2v) is 5.90. The number of ether oxygens (including phenoxy) is 1. The molecule has 4 nitrogen and oxygen atoms in total. The first-order chi connectivity index (χ1) is 9.64. The molecule has 0 spiro atoms. The van der Waals surface area contributed by atoms with Crippen LogP contribution >= 0.6 is 0 Å². The number of aromatic nitrogens is 2. The molecule has 3 rings (SSSR count). The van der Waals surface area contributed by atoms with Crippen LogP contribution in [0.2, 0.25) is 0 Å². The van der Waals surface area contributed by atoms with Crippen LogP contribution in [0.3, 0.4) is 0 Å². The van der Waals surface area contributed by atoms with Gasteiger partial charge in [-0.05, 0) is 19.9 Å². The zero-order chi connectivity index (χ0) is 14.0. The largest absolute Gasteiger partial charge is 0.487 e. The van der Waals surface area contributed by atoms with Crippen molar-refractivity contribution in [3.05, 3.63) is 48.0 Å². The first-order valence-electron chi connectivity index (χ1n) is 7.14. The van der Waals surface area contributed by atoms with Crippen molar-refractivity contribution in [2.75, 3.05) is 6.54 Å².